The Morgan fingerprint density at radius 3 is 2.85 bits per heavy atom. The molecule has 0 aliphatic rings. The van der Waals surface area contributed by atoms with Crippen LogP contribution in [0.4, 0.5) is 5.69 Å². The van der Waals surface area contributed by atoms with E-state index in [0.717, 1.165) is 28.7 Å². The smallest absolute Gasteiger partial charge is 0.103 e. The molecule has 0 fully saturated rings. The third-order valence-electron chi connectivity index (χ3n) is 4.34. The van der Waals surface area contributed by atoms with Gasteiger partial charge in [-0.15, -0.1) is 0 Å². The van der Waals surface area contributed by atoms with Crippen molar-refractivity contribution in [1.29, 1.82) is 5.26 Å². The molecule has 0 atom stereocenters. The van der Waals surface area contributed by atoms with Gasteiger partial charge in [-0.05, 0) is 29.3 Å². The summed E-state index contributed by atoms with van der Waals surface area (Å²) in [7, 11) is 0. The van der Waals surface area contributed by atoms with E-state index in [2.05, 4.69) is 39.6 Å². The predicted octanol–water partition coefficient (Wildman–Crippen LogP) is 4.62. The van der Waals surface area contributed by atoms with Crippen LogP contribution in [-0.2, 0) is 13.1 Å². The second kappa shape index (κ2) is 7.48. The first-order valence-electron chi connectivity index (χ1n) is 8.49. The maximum atomic E-state index is 9.46. The third kappa shape index (κ3) is 3.76. The van der Waals surface area contributed by atoms with E-state index in [1.54, 1.807) is 24.8 Å². The van der Waals surface area contributed by atoms with Crippen LogP contribution in [0.25, 0.3) is 10.9 Å². The molecule has 1 N–H and O–H groups in total. The number of aromatic nitrogens is 3. The topological polar surface area (TPSA) is 66.5 Å². The summed E-state index contributed by atoms with van der Waals surface area (Å²) < 4.78 is 2.03. The normalized spacial score (nSPS) is 10.7. The van der Waals surface area contributed by atoms with Crippen molar-refractivity contribution in [2.45, 2.75) is 13.1 Å². The van der Waals surface area contributed by atoms with Gasteiger partial charge in [-0.3, -0.25) is 4.98 Å². The summed E-state index contributed by atoms with van der Waals surface area (Å²) in [4.78, 5) is 8.41. The Hall–Kier alpha value is -3.36. The van der Waals surface area contributed by atoms with E-state index in [1.807, 2.05) is 29.0 Å². The molecule has 4 aromatic rings. The average molecular weight is 374 g/mol. The number of nitrogens with zero attached hydrogens (tertiary/aromatic N) is 4. The van der Waals surface area contributed by atoms with E-state index in [9.17, 15) is 5.26 Å². The number of rotatable bonds is 5. The van der Waals surface area contributed by atoms with Gasteiger partial charge in [0.25, 0.3) is 0 Å². The number of imidazole rings is 1. The first-order chi connectivity index (χ1) is 13.2. The number of halogens is 1. The van der Waals surface area contributed by atoms with Crippen LogP contribution in [0.2, 0.25) is 5.02 Å². The lowest BCUT2D eigenvalue weighted by Crippen LogP contribution is -2.04. The molecule has 0 spiro atoms. The van der Waals surface area contributed by atoms with Crippen molar-refractivity contribution in [2.75, 3.05) is 5.32 Å². The van der Waals surface area contributed by atoms with Crippen LogP contribution in [0.15, 0.2) is 67.4 Å². The molecule has 6 heteroatoms. The molecule has 0 saturated carbocycles. The van der Waals surface area contributed by atoms with Gasteiger partial charge in [-0.2, -0.15) is 5.26 Å². The first-order valence-corrected chi connectivity index (χ1v) is 8.86. The largest absolute Gasteiger partial charge is 0.379 e. The molecule has 5 nitrogen and oxygen atoms in total. The van der Waals surface area contributed by atoms with Crippen LogP contribution in [0.3, 0.4) is 0 Å². The number of benzene rings is 2. The molecular weight excluding hydrogens is 358 g/mol. The van der Waals surface area contributed by atoms with Crippen LogP contribution in [0.5, 0.6) is 0 Å². The minimum atomic E-state index is 0.499. The zero-order chi connectivity index (χ0) is 18.6. The van der Waals surface area contributed by atoms with Crippen molar-refractivity contribution in [3.8, 4) is 6.07 Å². The van der Waals surface area contributed by atoms with Gasteiger partial charge in [0.2, 0.25) is 0 Å². The van der Waals surface area contributed by atoms with Gasteiger partial charge in [0.1, 0.15) is 6.07 Å². The van der Waals surface area contributed by atoms with E-state index in [1.165, 1.54) is 5.56 Å². The summed E-state index contributed by atoms with van der Waals surface area (Å²) in [5, 5.41) is 14.3. The molecule has 4 rings (SSSR count). The number of nitrogens with one attached hydrogen (secondary N) is 1. The van der Waals surface area contributed by atoms with E-state index < -0.39 is 0 Å². The van der Waals surface area contributed by atoms with Crippen LogP contribution in [0, 0.1) is 11.3 Å². The fourth-order valence-electron chi connectivity index (χ4n) is 3.06. The Balaban J connectivity index is 1.60. The average Bonchev–Trinajstić information content (AvgIpc) is 3.19. The molecule has 27 heavy (non-hydrogen) atoms. The molecule has 0 amide bonds. The summed E-state index contributed by atoms with van der Waals surface area (Å²) in [5.74, 6) is 0. The van der Waals surface area contributed by atoms with Gasteiger partial charge in [-0.1, -0.05) is 35.9 Å². The zero-order valence-electron chi connectivity index (χ0n) is 14.4. The molecule has 0 bridgehead atoms. The fourth-order valence-corrected chi connectivity index (χ4v) is 3.23. The fraction of sp³-hybridized carbons (Fsp3) is 0.0952. The van der Waals surface area contributed by atoms with Gasteiger partial charge < -0.3 is 9.88 Å². The van der Waals surface area contributed by atoms with Gasteiger partial charge >= 0.3 is 0 Å². The van der Waals surface area contributed by atoms with E-state index in [0.29, 0.717) is 17.1 Å². The van der Waals surface area contributed by atoms with Crippen molar-refractivity contribution in [1.82, 2.24) is 14.5 Å². The standard InChI is InChI=1S/C21H16ClN5/c22-18-4-5-20-19(9-18)21(17(10-23)12-25-20)26-11-15-2-1-3-16(8-15)13-27-7-6-24-14-27/h1-9,12,14H,11,13H2,(H,25,26). The highest BCUT2D eigenvalue weighted by Crippen LogP contribution is 2.28. The summed E-state index contributed by atoms with van der Waals surface area (Å²) >= 11 is 6.15. The number of fused-ring (bicyclic) bond motifs is 1. The van der Waals surface area contributed by atoms with Gasteiger partial charge in [0.15, 0.2) is 0 Å². The van der Waals surface area contributed by atoms with Gasteiger partial charge in [-0.25, -0.2) is 4.98 Å². The van der Waals surface area contributed by atoms with Crippen molar-refractivity contribution in [3.63, 3.8) is 0 Å². The van der Waals surface area contributed by atoms with Crippen molar-refractivity contribution >= 4 is 28.2 Å². The number of anilines is 1. The highest BCUT2D eigenvalue weighted by Gasteiger charge is 2.09. The molecule has 132 valence electrons. The van der Waals surface area contributed by atoms with Crippen LogP contribution < -0.4 is 5.32 Å². The van der Waals surface area contributed by atoms with E-state index in [4.69, 9.17) is 11.6 Å². The number of pyridine rings is 1. The van der Waals surface area contributed by atoms with Gasteiger partial charge in [0, 0.05) is 42.1 Å². The molecule has 2 aromatic heterocycles. The Morgan fingerprint density at radius 1 is 1.15 bits per heavy atom. The predicted molar refractivity (Wildman–Crippen MR) is 107 cm³/mol. The molecule has 0 aliphatic heterocycles. The molecule has 0 saturated heterocycles. The Morgan fingerprint density at radius 2 is 2.04 bits per heavy atom. The summed E-state index contributed by atoms with van der Waals surface area (Å²) in [5.41, 5.74) is 4.37. The second-order valence-electron chi connectivity index (χ2n) is 6.23. The van der Waals surface area contributed by atoms with E-state index in [-0.39, 0.29) is 0 Å². The van der Waals surface area contributed by atoms with E-state index >= 15 is 0 Å². The highest BCUT2D eigenvalue weighted by atomic mass is 35.5. The van der Waals surface area contributed by atoms with Crippen LogP contribution in [0.1, 0.15) is 16.7 Å². The summed E-state index contributed by atoms with van der Waals surface area (Å²) in [6, 6.07) is 16.0. The lowest BCUT2D eigenvalue weighted by Gasteiger charge is -2.12. The van der Waals surface area contributed by atoms with Gasteiger partial charge in [0.05, 0.1) is 23.1 Å². The molecule has 0 radical (unpaired) electrons. The maximum absolute atomic E-state index is 9.46. The number of hydrogen-bond donors (Lipinski definition) is 1. The van der Waals surface area contributed by atoms with Crippen molar-refractivity contribution in [2.24, 2.45) is 0 Å². The minimum Gasteiger partial charge on any atom is -0.379 e. The SMILES string of the molecule is N#Cc1cnc2ccc(Cl)cc2c1NCc1cccc(Cn2ccnc2)c1. The summed E-state index contributed by atoms with van der Waals surface area (Å²) in [6.07, 6.45) is 7.11. The number of hydrogen-bond acceptors (Lipinski definition) is 4. The zero-order valence-corrected chi connectivity index (χ0v) is 15.2. The number of nitriles is 1. The quantitative estimate of drug-likeness (QED) is 0.554. The van der Waals surface area contributed by atoms with Crippen LogP contribution >= 0.6 is 11.6 Å². The molecular formula is C21H16ClN5. The second-order valence-corrected chi connectivity index (χ2v) is 6.67. The lowest BCUT2D eigenvalue weighted by atomic mass is 10.1. The summed E-state index contributed by atoms with van der Waals surface area (Å²) in [6.45, 7) is 1.36. The molecule has 0 unspecified atom stereocenters. The molecule has 2 heterocycles. The van der Waals surface area contributed by atoms with Crippen molar-refractivity contribution < 1.29 is 0 Å². The Kier molecular flexibility index (Phi) is 4.73. The minimum absolute atomic E-state index is 0.499. The Labute approximate surface area is 161 Å². The Bertz CT molecular complexity index is 1130. The van der Waals surface area contributed by atoms with Crippen LogP contribution in [-0.4, -0.2) is 14.5 Å². The third-order valence-corrected chi connectivity index (χ3v) is 4.57. The maximum Gasteiger partial charge on any atom is 0.103 e. The first kappa shape index (κ1) is 17.1. The highest BCUT2D eigenvalue weighted by molar-refractivity contribution is 6.31. The monoisotopic (exact) mass is 373 g/mol. The molecule has 0 aliphatic carbocycles. The molecule has 2 aromatic carbocycles. The van der Waals surface area contributed by atoms with Crippen molar-refractivity contribution in [3.05, 3.63) is 89.1 Å². The lowest BCUT2D eigenvalue weighted by molar-refractivity contribution is 0.796.